The zero-order chi connectivity index (χ0) is 17.0. The average molecular weight is 334 g/mol. The van der Waals surface area contributed by atoms with Crippen LogP contribution >= 0.6 is 0 Å². The quantitative estimate of drug-likeness (QED) is 0.819. The first-order valence-corrected chi connectivity index (χ1v) is 8.63. The largest absolute Gasteiger partial charge is 0.480 e. The third-order valence-electron chi connectivity index (χ3n) is 5.31. The number of aromatic nitrogens is 2. The van der Waals surface area contributed by atoms with Gasteiger partial charge in [-0.1, -0.05) is 6.42 Å². The minimum absolute atomic E-state index is 0.174. The molecule has 1 aromatic rings. The lowest BCUT2D eigenvalue weighted by atomic mass is 9.76. The number of likely N-dealkylation sites (tertiary alicyclic amines) is 1. The number of hydrogen-bond acceptors (Lipinski definition) is 6. The third-order valence-corrected chi connectivity index (χ3v) is 5.31. The fourth-order valence-electron chi connectivity index (χ4n) is 4.28. The number of piperidine rings is 1. The molecule has 0 unspecified atom stereocenters. The number of carbonyl (C=O) groups is 1. The van der Waals surface area contributed by atoms with Crippen LogP contribution in [0.5, 0.6) is 0 Å². The van der Waals surface area contributed by atoms with Crippen molar-refractivity contribution in [1.29, 1.82) is 0 Å². The van der Waals surface area contributed by atoms with Crippen LogP contribution in [0.2, 0.25) is 0 Å². The van der Waals surface area contributed by atoms with E-state index < -0.39 is 5.97 Å². The van der Waals surface area contributed by atoms with Gasteiger partial charge in [0.25, 0.3) is 0 Å². The summed E-state index contributed by atoms with van der Waals surface area (Å²) < 4.78 is 5.76. The molecular weight excluding hydrogens is 308 g/mol. The number of nitrogens with one attached hydrogen (secondary N) is 1. The Hall–Kier alpha value is -1.73. The standard InChI is InChI=1S/C17H26N4O3/c1-24-14-4-2-5-17(14)6-3-7-21(12-17)11-13-8-18-16(19-9-13)20-10-15(22)23/h8-9,14H,2-7,10-12H2,1H3,(H,22,23)(H,18,19,20)/t14-,17+/m1/s1. The summed E-state index contributed by atoms with van der Waals surface area (Å²) in [4.78, 5) is 21.4. The Morgan fingerprint density at radius 3 is 2.88 bits per heavy atom. The molecule has 2 N–H and O–H groups in total. The molecule has 132 valence electrons. The molecule has 1 aliphatic heterocycles. The van der Waals surface area contributed by atoms with E-state index in [4.69, 9.17) is 9.84 Å². The van der Waals surface area contributed by atoms with Gasteiger partial charge in [-0.05, 0) is 32.2 Å². The van der Waals surface area contributed by atoms with Crippen LogP contribution in [0.4, 0.5) is 5.95 Å². The first-order valence-electron chi connectivity index (χ1n) is 8.63. The zero-order valence-electron chi connectivity index (χ0n) is 14.2. The van der Waals surface area contributed by atoms with Gasteiger partial charge >= 0.3 is 5.97 Å². The molecule has 0 aromatic carbocycles. The van der Waals surface area contributed by atoms with Crippen molar-refractivity contribution in [2.75, 3.05) is 32.1 Å². The van der Waals surface area contributed by atoms with Gasteiger partial charge in [0.2, 0.25) is 5.95 Å². The van der Waals surface area contributed by atoms with Gasteiger partial charge in [0.15, 0.2) is 0 Å². The highest BCUT2D eigenvalue weighted by Crippen LogP contribution is 2.46. The lowest BCUT2D eigenvalue weighted by Gasteiger charge is -2.43. The number of rotatable bonds is 6. The molecule has 3 rings (SSSR count). The summed E-state index contributed by atoms with van der Waals surface area (Å²) in [7, 11) is 1.84. The van der Waals surface area contributed by atoms with Gasteiger partial charge in [-0.2, -0.15) is 0 Å². The minimum atomic E-state index is -0.925. The van der Waals surface area contributed by atoms with E-state index in [1.165, 1.54) is 32.1 Å². The number of carboxylic acid groups (broad SMARTS) is 1. The Bertz CT molecular complexity index is 565. The van der Waals surface area contributed by atoms with Crippen molar-refractivity contribution in [3.8, 4) is 0 Å². The fraction of sp³-hybridized carbons (Fsp3) is 0.706. The SMILES string of the molecule is CO[C@@H]1CCC[C@@]12CCCN(Cc1cnc(NCC(=O)O)nc1)C2. The first kappa shape index (κ1) is 17.1. The summed E-state index contributed by atoms with van der Waals surface area (Å²) in [5, 5.41) is 11.3. The number of ether oxygens (including phenoxy) is 1. The van der Waals surface area contributed by atoms with E-state index in [1.54, 1.807) is 12.4 Å². The van der Waals surface area contributed by atoms with Crippen LogP contribution in [0, 0.1) is 5.41 Å². The Kier molecular flexibility index (Phi) is 5.30. The topological polar surface area (TPSA) is 87.6 Å². The van der Waals surface area contributed by atoms with Gasteiger partial charge in [-0.3, -0.25) is 9.69 Å². The number of anilines is 1. The second-order valence-electron chi connectivity index (χ2n) is 6.96. The molecule has 1 aromatic heterocycles. The lowest BCUT2D eigenvalue weighted by molar-refractivity contribution is -0.134. The van der Waals surface area contributed by atoms with Crippen molar-refractivity contribution in [2.45, 2.75) is 44.8 Å². The van der Waals surface area contributed by atoms with E-state index >= 15 is 0 Å². The molecule has 7 heteroatoms. The molecule has 1 aliphatic carbocycles. The highest BCUT2D eigenvalue weighted by Gasteiger charge is 2.45. The van der Waals surface area contributed by atoms with E-state index in [-0.39, 0.29) is 6.54 Å². The highest BCUT2D eigenvalue weighted by atomic mass is 16.5. The van der Waals surface area contributed by atoms with Crippen LogP contribution < -0.4 is 5.32 Å². The maximum absolute atomic E-state index is 10.5. The monoisotopic (exact) mass is 334 g/mol. The molecule has 1 spiro atoms. The van der Waals surface area contributed by atoms with Crippen LogP contribution in [0.1, 0.15) is 37.7 Å². The molecule has 2 atom stereocenters. The van der Waals surface area contributed by atoms with E-state index in [0.29, 0.717) is 17.5 Å². The van der Waals surface area contributed by atoms with Crippen molar-refractivity contribution in [3.63, 3.8) is 0 Å². The summed E-state index contributed by atoms with van der Waals surface area (Å²) in [5.74, 6) is -0.572. The molecule has 2 heterocycles. The second-order valence-corrected chi connectivity index (χ2v) is 6.96. The van der Waals surface area contributed by atoms with Gasteiger partial charge in [0.05, 0.1) is 6.10 Å². The minimum Gasteiger partial charge on any atom is -0.480 e. The first-order chi connectivity index (χ1) is 11.6. The van der Waals surface area contributed by atoms with E-state index in [2.05, 4.69) is 20.2 Å². The molecule has 1 saturated heterocycles. The average Bonchev–Trinajstić information content (AvgIpc) is 2.96. The summed E-state index contributed by atoms with van der Waals surface area (Å²) in [5.41, 5.74) is 1.37. The number of aliphatic carboxylic acids is 1. The molecule has 24 heavy (non-hydrogen) atoms. The van der Waals surface area contributed by atoms with Crippen molar-refractivity contribution in [1.82, 2.24) is 14.9 Å². The maximum Gasteiger partial charge on any atom is 0.322 e. The molecule has 1 saturated carbocycles. The van der Waals surface area contributed by atoms with Gasteiger partial charge in [0.1, 0.15) is 6.54 Å². The van der Waals surface area contributed by atoms with E-state index in [1.807, 2.05) is 7.11 Å². The summed E-state index contributed by atoms with van der Waals surface area (Å²) in [6, 6.07) is 0. The summed E-state index contributed by atoms with van der Waals surface area (Å²) >= 11 is 0. The van der Waals surface area contributed by atoms with Crippen molar-refractivity contribution in [3.05, 3.63) is 18.0 Å². The third kappa shape index (κ3) is 3.84. The molecule has 2 aliphatic rings. The van der Waals surface area contributed by atoms with Gasteiger partial charge in [-0.15, -0.1) is 0 Å². The lowest BCUT2D eigenvalue weighted by Crippen LogP contribution is -2.47. The van der Waals surface area contributed by atoms with Crippen LogP contribution in [-0.4, -0.2) is 58.8 Å². The summed E-state index contributed by atoms with van der Waals surface area (Å²) in [6.45, 7) is 2.82. The van der Waals surface area contributed by atoms with E-state index in [9.17, 15) is 4.79 Å². The Morgan fingerprint density at radius 2 is 2.17 bits per heavy atom. The van der Waals surface area contributed by atoms with Crippen molar-refractivity contribution in [2.24, 2.45) is 5.41 Å². The molecular formula is C17H26N4O3. The van der Waals surface area contributed by atoms with Crippen LogP contribution in [0.15, 0.2) is 12.4 Å². The Morgan fingerprint density at radius 1 is 1.42 bits per heavy atom. The zero-order valence-corrected chi connectivity index (χ0v) is 14.2. The predicted molar refractivity (Wildman–Crippen MR) is 89.7 cm³/mol. The number of carboxylic acids is 1. The van der Waals surface area contributed by atoms with Gasteiger partial charge in [-0.25, -0.2) is 9.97 Å². The fourth-order valence-corrected chi connectivity index (χ4v) is 4.28. The molecule has 0 radical (unpaired) electrons. The Labute approximate surface area is 142 Å². The Balaban J connectivity index is 1.58. The number of hydrogen-bond donors (Lipinski definition) is 2. The molecule has 2 fully saturated rings. The van der Waals surface area contributed by atoms with Crippen LogP contribution in [0.3, 0.4) is 0 Å². The maximum atomic E-state index is 10.5. The predicted octanol–water partition coefficient (Wildman–Crippen LogP) is 1.75. The number of nitrogens with zero attached hydrogens (tertiary/aromatic N) is 3. The number of methoxy groups -OCH3 is 1. The van der Waals surface area contributed by atoms with Crippen LogP contribution in [0.25, 0.3) is 0 Å². The highest BCUT2D eigenvalue weighted by molar-refractivity contribution is 5.71. The molecule has 0 amide bonds. The normalized spacial score (nSPS) is 27.5. The van der Waals surface area contributed by atoms with Gasteiger partial charge < -0.3 is 15.2 Å². The van der Waals surface area contributed by atoms with Gasteiger partial charge in [0, 0.05) is 43.6 Å². The van der Waals surface area contributed by atoms with Crippen molar-refractivity contribution >= 4 is 11.9 Å². The molecule has 7 nitrogen and oxygen atoms in total. The van der Waals surface area contributed by atoms with E-state index in [0.717, 1.165) is 25.2 Å². The van der Waals surface area contributed by atoms with Crippen LogP contribution in [-0.2, 0) is 16.1 Å². The second kappa shape index (κ2) is 7.44. The summed E-state index contributed by atoms with van der Waals surface area (Å²) in [6.07, 6.45) is 10.1. The molecule has 0 bridgehead atoms. The smallest absolute Gasteiger partial charge is 0.322 e. The van der Waals surface area contributed by atoms with Crippen molar-refractivity contribution < 1.29 is 14.6 Å².